The quantitative estimate of drug-likeness (QED) is 0.705. The Kier molecular flexibility index (Phi) is 7.49. The van der Waals surface area contributed by atoms with E-state index in [0.29, 0.717) is 13.0 Å². The second-order valence-electron chi connectivity index (χ2n) is 7.53. The summed E-state index contributed by atoms with van der Waals surface area (Å²) in [4.78, 5) is 2.40. The van der Waals surface area contributed by atoms with Gasteiger partial charge in [-0.1, -0.05) is 56.3 Å². The number of hydrogen-bond acceptors (Lipinski definition) is 4. The second kappa shape index (κ2) is 10.1. The lowest BCUT2D eigenvalue weighted by Crippen LogP contribution is -2.44. The lowest BCUT2D eigenvalue weighted by atomic mass is 9.75. The summed E-state index contributed by atoms with van der Waals surface area (Å²) in [6.45, 7) is 9.02. The van der Waals surface area contributed by atoms with Crippen molar-refractivity contribution in [2.75, 3.05) is 39.5 Å². The molecule has 0 spiro atoms. The van der Waals surface area contributed by atoms with Crippen molar-refractivity contribution < 1.29 is 14.6 Å². The Morgan fingerprint density at radius 2 is 1.71 bits per heavy atom. The van der Waals surface area contributed by atoms with Gasteiger partial charge >= 0.3 is 0 Å². The zero-order valence-electron chi connectivity index (χ0n) is 17.1. The van der Waals surface area contributed by atoms with Crippen LogP contribution in [0.1, 0.15) is 43.7 Å². The van der Waals surface area contributed by atoms with E-state index in [-0.39, 0.29) is 5.92 Å². The molecule has 0 bridgehead atoms. The summed E-state index contributed by atoms with van der Waals surface area (Å²) in [6.07, 6.45) is 1.63. The maximum Gasteiger partial charge on any atom is 0.119 e. The number of aliphatic hydroxyl groups is 1. The highest BCUT2D eigenvalue weighted by Crippen LogP contribution is 2.41. The van der Waals surface area contributed by atoms with Crippen molar-refractivity contribution in [3.8, 4) is 5.75 Å². The Bertz CT molecular complexity index is 698. The first-order valence-electron chi connectivity index (χ1n) is 10.5. The average molecular weight is 384 g/mol. The predicted molar refractivity (Wildman–Crippen MR) is 113 cm³/mol. The van der Waals surface area contributed by atoms with Crippen LogP contribution in [0.15, 0.2) is 54.6 Å². The van der Waals surface area contributed by atoms with Gasteiger partial charge in [-0.3, -0.25) is 4.90 Å². The fourth-order valence-corrected chi connectivity index (χ4v) is 3.97. The Morgan fingerprint density at radius 1 is 1.04 bits per heavy atom. The van der Waals surface area contributed by atoms with Crippen LogP contribution in [0.3, 0.4) is 0 Å². The molecule has 1 fully saturated rings. The predicted octanol–water partition coefficient (Wildman–Crippen LogP) is 4.19. The molecule has 0 unspecified atom stereocenters. The van der Waals surface area contributed by atoms with Crippen LogP contribution in [0.4, 0.5) is 0 Å². The molecule has 1 N–H and O–H groups in total. The minimum absolute atomic E-state index is 0.0146. The summed E-state index contributed by atoms with van der Waals surface area (Å²) >= 11 is 0. The molecule has 152 valence electrons. The molecular formula is C24H33NO3. The fraction of sp³-hybridized carbons (Fsp3) is 0.500. The molecule has 1 heterocycles. The molecule has 1 aliphatic heterocycles. The van der Waals surface area contributed by atoms with Gasteiger partial charge in [-0.2, -0.15) is 0 Å². The van der Waals surface area contributed by atoms with E-state index in [1.807, 2.05) is 30.3 Å². The van der Waals surface area contributed by atoms with Crippen LogP contribution in [0.5, 0.6) is 5.75 Å². The Morgan fingerprint density at radius 3 is 2.32 bits per heavy atom. The topological polar surface area (TPSA) is 41.9 Å². The summed E-state index contributed by atoms with van der Waals surface area (Å²) in [6, 6.07) is 18.4. The van der Waals surface area contributed by atoms with Crippen molar-refractivity contribution in [2.24, 2.45) is 0 Å². The standard InChI is InChI=1S/C24H33NO3/c1-3-16-28-22-12-10-21(11-13-22)24(26,4-2)23(20-8-6-5-7-9-20)19-25-14-17-27-18-15-25/h5-13,23,26H,3-4,14-19H2,1-2H3/t23-,24-/m1/s1. The molecule has 4 nitrogen and oxygen atoms in total. The molecule has 0 aliphatic carbocycles. The van der Waals surface area contributed by atoms with Crippen molar-refractivity contribution in [1.82, 2.24) is 4.90 Å². The van der Waals surface area contributed by atoms with Gasteiger partial charge in [-0.25, -0.2) is 0 Å². The average Bonchev–Trinajstić information content (AvgIpc) is 2.77. The number of benzene rings is 2. The van der Waals surface area contributed by atoms with Crippen LogP contribution >= 0.6 is 0 Å². The van der Waals surface area contributed by atoms with Crippen molar-refractivity contribution in [1.29, 1.82) is 0 Å². The molecule has 28 heavy (non-hydrogen) atoms. The molecule has 0 amide bonds. The normalized spacial score (nSPS) is 18.4. The van der Waals surface area contributed by atoms with E-state index < -0.39 is 5.60 Å². The highest BCUT2D eigenvalue weighted by atomic mass is 16.5. The lowest BCUT2D eigenvalue weighted by Gasteiger charge is -2.40. The molecule has 4 heteroatoms. The summed E-state index contributed by atoms with van der Waals surface area (Å²) in [5.41, 5.74) is 1.17. The van der Waals surface area contributed by atoms with Crippen LogP contribution in [-0.4, -0.2) is 49.5 Å². The third kappa shape index (κ3) is 4.93. The molecule has 3 rings (SSSR count). The SMILES string of the molecule is CCCOc1ccc([C@](O)(CC)[C@H](CN2CCOCC2)c2ccccc2)cc1. The highest BCUT2D eigenvalue weighted by molar-refractivity contribution is 5.35. The molecule has 0 saturated carbocycles. The highest BCUT2D eigenvalue weighted by Gasteiger charge is 2.39. The molecule has 2 aromatic rings. The van der Waals surface area contributed by atoms with Crippen LogP contribution in [0.2, 0.25) is 0 Å². The van der Waals surface area contributed by atoms with Crippen LogP contribution < -0.4 is 4.74 Å². The minimum atomic E-state index is -0.942. The lowest BCUT2D eigenvalue weighted by molar-refractivity contribution is -0.0250. The van der Waals surface area contributed by atoms with E-state index in [1.165, 1.54) is 5.56 Å². The van der Waals surface area contributed by atoms with Crippen LogP contribution in [0, 0.1) is 0 Å². The van der Waals surface area contributed by atoms with Crippen LogP contribution in [-0.2, 0) is 10.3 Å². The first-order valence-corrected chi connectivity index (χ1v) is 10.5. The molecule has 2 atom stereocenters. The zero-order chi connectivity index (χ0) is 19.8. The van der Waals surface area contributed by atoms with E-state index in [1.54, 1.807) is 0 Å². The van der Waals surface area contributed by atoms with Gasteiger partial charge in [0.25, 0.3) is 0 Å². The summed E-state index contributed by atoms with van der Waals surface area (Å²) in [7, 11) is 0. The number of nitrogens with zero attached hydrogens (tertiary/aromatic N) is 1. The van der Waals surface area contributed by atoms with E-state index in [4.69, 9.17) is 9.47 Å². The first-order chi connectivity index (χ1) is 13.7. The zero-order valence-corrected chi connectivity index (χ0v) is 17.1. The number of ether oxygens (including phenoxy) is 2. The second-order valence-corrected chi connectivity index (χ2v) is 7.53. The van der Waals surface area contributed by atoms with Crippen molar-refractivity contribution >= 4 is 0 Å². The third-order valence-corrected chi connectivity index (χ3v) is 5.69. The Labute approximate surface area is 169 Å². The van der Waals surface area contributed by atoms with E-state index >= 15 is 0 Å². The summed E-state index contributed by atoms with van der Waals surface area (Å²) < 4.78 is 11.2. The molecule has 1 saturated heterocycles. The molecular weight excluding hydrogens is 350 g/mol. The van der Waals surface area contributed by atoms with Crippen molar-refractivity contribution in [2.45, 2.75) is 38.2 Å². The van der Waals surface area contributed by atoms with Gasteiger partial charge in [0.05, 0.1) is 25.4 Å². The monoisotopic (exact) mass is 383 g/mol. The van der Waals surface area contributed by atoms with Gasteiger partial charge in [-0.05, 0) is 36.1 Å². The maximum absolute atomic E-state index is 11.9. The van der Waals surface area contributed by atoms with Gasteiger partial charge in [-0.15, -0.1) is 0 Å². The minimum Gasteiger partial charge on any atom is -0.494 e. The summed E-state index contributed by atoms with van der Waals surface area (Å²) in [5, 5.41) is 11.9. The smallest absolute Gasteiger partial charge is 0.119 e. The van der Waals surface area contributed by atoms with Gasteiger partial charge in [0.15, 0.2) is 0 Å². The Balaban J connectivity index is 1.90. The third-order valence-electron chi connectivity index (χ3n) is 5.69. The van der Waals surface area contributed by atoms with Crippen molar-refractivity contribution in [3.63, 3.8) is 0 Å². The van der Waals surface area contributed by atoms with Gasteiger partial charge in [0, 0.05) is 25.6 Å². The van der Waals surface area contributed by atoms with E-state index in [2.05, 4.69) is 43.0 Å². The number of rotatable bonds is 9. The van der Waals surface area contributed by atoms with E-state index in [0.717, 1.165) is 50.6 Å². The van der Waals surface area contributed by atoms with Crippen molar-refractivity contribution in [3.05, 3.63) is 65.7 Å². The maximum atomic E-state index is 11.9. The van der Waals surface area contributed by atoms with Gasteiger partial charge < -0.3 is 14.6 Å². The fourth-order valence-electron chi connectivity index (χ4n) is 3.97. The van der Waals surface area contributed by atoms with Gasteiger partial charge in [0.2, 0.25) is 0 Å². The molecule has 0 radical (unpaired) electrons. The largest absolute Gasteiger partial charge is 0.494 e. The number of hydrogen-bond donors (Lipinski definition) is 1. The van der Waals surface area contributed by atoms with Crippen LogP contribution in [0.25, 0.3) is 0 Å². The Hall–Kier alpha value is -1.88. The molecule has 0 aromatic heterocycles. The molecule has 1 aliphatic rings. The van der Waals surface area contributed by atoms with E-state index in [9.17, 15) is 5.11 Å². The summed E-state index contributed by atoms with van der Waals surface area (Å²) in [5.74, 6) is 0.840. The number of morpholine rings is 1. The molecule has 2 aromatic carbocycles. The van der Waals surface area contributed by atoms with Gasteiger partial charge in [0.1, 0.15) is 5.75 Å². The first kappa shape index (κ1) is 20.8.